The first-order valence-corrected chi connectivity index (χ1v) is 5.87. The molecule has 0 fully saturated rings. The molecule has 0 saturated carbocycles. The van der Waals surface area contributed by atoms with Crippen molar-refractivity contribution in [3.8, 4) is 0 Å². The van der Waals surface area contributed by atoms with E-state index in [1.165, 1.54) is 0 Å². The molecule has 0 aliphatic heterocycles. The van der Waals surface area contributed by atoms with Crippen LogP contribution in [0.2, 0.25) is 0 Å². The summed E-state index contributed by atoms with van der Waals surface area (Å²) in [5, 5.41) is 31.3. The summed E-state index contributed by atoms with van der Waals surface area (Å²) in [7, 11) is 0. The number of rotatable bonds is 6. The first-order chi connectivity index (χ1) is 9.39. The molecule has 8 heteroatoms. The average Bonchev–Trinajstić information content (AvgIpc) is 2.45. The number of benzene rings is 1. The molecule has 7 nitrogen and oxygen atoms in total. The largest absolute Gasteiger partial charge is 0.394 e. The minimum atomic E-state index is -1.30. The summed E-state index contributed by atoms with van der Waals surface area (Å²) >= 11 is 0. The van der Waals surface area contributed by atoms with E-state index >= 15 is 0 Å². The van der Waals surface area contributed by atoms with Crippen LogP contribution in [0.5, 0.6) is 0 Å². The van der Waals surface area contributed by atoms with Gasteiger partial charge in [-0.1, -0.05) is 6.92 Å². The Labute approximate surface area is 114 Å². The number of aliphatic hydroxyl groups excluding tert-OH is 2. The molecule has 0 unspecified atom stereocenters. The van der Waals surface area contributed by atoms with Gasteiger partial charge < -0.3 is 15.5 Å². The van der Waals surface area contributed by atoms with Gasteiger partial charge in [-0.15, -0.1) is 0 Å². The predicted octanol–water partition coefficient (Wildman–Crippen LogP) is 0.597. The second-order valence-electron chi connectivity index (χ2n) is 4.33. The summed E-state index contributed by atoms with van der Waals surface area (Å²) in [6, 6.07) is 2.57. The van der Waals surface area contributed by atoms with Crippen LogP contribution in [0.3, 0.4) is 0 Å². The lowest BCUT2D eigenvalue weighted by atomic mass is 9.97. The number of carbonyl (C=O) groups excluding carboxylic acids is 1. The summed E-state index contributed by atoms with van der Waals surface area (Å²) in [6.07, 6.45) is 0.211. The Balaban J connectivity index is 3.08. The first kappa shape index (κ1) is 16.0. The zero-order valence-corrected chi connectivity index (χ0v) is 10.8. The molecule has 0 aliphatic carbocycles. The Morgan fingerprint density at radius 3 is 2.50 bits per heavy atom. The van der Waals surface area contributed by atoms with Crippen LogP contribution in [-0.4, -0.2) is 39.8 Å². The van der Waals surface area contributed by atoms with Gasteiger partial charge in [0.05, 0.1) is 29.2 Å². The summed E-state index contributed by atoms with van der Waals surface area (Å²) in [6.45, 7) is 0.543. The number of carbonyl (C=O) groups is 1. The Bertz CT molecular complexity index is 508. The Hall–Kier alpha value is -2.06. The topological polar surface area (TPSA) is 113 Å². The standard InChI is InChI=1S/C12H15FN2O5/c1-2-12(6-16,7-17)14-11(18)9-5-8(15(19)20)3-4-10(9)13/h3-5,16-17H,2,6-7H2,1H3,(H,14,18). The second-order valence-corrected chi connectivity index (χ2v) is 4.33. The van der Waals surface area contributed by atoms with Gasteiger partial charge in [-0.2, -0.15) is 0 Å². The normalized spacial score (nSPS) is 11.2. The second kappa shape index (κ2) is 6.40. The zero-order valence-electron chi connectivity index (χ0n) is 10.8. The minimum absolute atomic E-state index is 0.211. The number of hydrogen-bond acceptors (Lipinski definition) is 5. The molecule has 1 rings (SSSR count). The molecule has 0 aromatic heterocycles. The number of hydrogen-bond donors (Lipinski definition) is 3. The fourth-order valence-corrected chi connectivity index (χ4v) is 1.55. The molecule has 1 amide bonds. The number of non-ortho nitro benzene ring substituents is 1. The lowest BCUT2D eigenvalue weighted by Crippen LogP contribution is -2.53. The van der Waals surface area contributed by atoms with E-state index < -0.39 is 46.7 Å². The predicted molar refractivity (Wildman–Crippen MR) is 67.7 cm³/mol. The fourth-order valence-electron chi connectivity index (χ4n) is 1.55. The smallest absolute Gasteiger partial charge is 0.270 e. The van der Waals surface area contributed by atoms with E-state index in [1.54, 1.807) is 6.92 Å². The SMILES string of the molecule is CCC(CO)(CO)NC(=O)c1cc([N+](=O)[O-])ccc1F. The van der Waals surface area contributed by atoms with Crippen molar-refractivity contribution in [3.05, 3.63) is 39.7 Å². The molecule has 3 N–H and O–H groups in total. The van der Waals surface area contributed by atoms with E-state index in [2.05, 4.69) is 5.32 Å². The highest BCUT2D eigenvalue weighted by Gasteiger charge is 2.30. The van der Waals surface area contributed by atoms with Gasteiger partial charge in [0.15, 0.2) is 0 Å². The monoisotopic (exact) mass is 286 g/mol. The molecule has 0 bridgehead atoms. The Morgan fingerprint density at radius 2 is 2.05 bits per heavy atom. The van der Waals surface area contributed by atoms with Gasteiger partial charge in [0.1, 0.15) is 5.82 Å². The number of nitrogens with one attached hydrogen (secondary N) is 1. The van der Waals surface area contributed by atoms with Crippen LogP contribution in [0.25, 0.3) is 0 Å². The third-order valence-electron chi connectivity index (χ3n) is 3.07. The van der Waals surface area contributed by atoms with Crippen molar-refractivity contribution in [1.29, 1.82) is 0 Å². The summed E-state index contributed by atoms with van der Waals surface area (Å²) in [5.41, 5.74) is -2.24. The molecular weight excluding hydrogens is 271 g/mol. The Morgan fingerprint density at radius 1 is 1.45 bits per heavy atom. The molecule has 0 saturated heterocycles. The van der Waals surface area contributed by atoms with E-state index in [-0.39, 0.29) is 6.42 Å². The van der Waals surface area contributed by atoms with Gasteiger partial charge in [0.2, 0.25) is 0 Å². The number of halogens is 1. The lowest BCUT2D eigenvalue weighted by Gasteiger charge is -2.29. The van der Waals surface area contributed by atoms with Crippen molar-refractivity contribution < 1.29 is 24.3 Å². The van der Waals surface area contributed by atoms with Crippen LogP contribution in [0, 0.1) is 15.9 Å². The van der Waals surface area contributed by atoms with Crippen LogP contribution in [-0.2, 0) is 0 Å². The molecule has 1 aromatic rings. The Kier molecular flexibility index (Phi) is 5.12. The van der Waals surface area contributed by atoms with Gasteiger partial charge in [0.25, 0.3) is 11.6 Å². The molecule has 0 spiro atoms. The van der Waals surface area contributed by atoms with Crippen molar-refractivity contribution >= 4 is 11.6 Å². The third kappa shape index (κ3) is 3.28. The van der Waals surface area contributed by atoms with Crippen molar-refractivity contribution in [2.75, 3.05) is 13.2 Å². The molecule has 110 valence electrons. The maximum absolute atomic E-state index is 13.6. The molecule has 0 radical (unpaired) electrons. The fraction of sp³-hybridized carbons (Fsp3) is 0.417. The molecule has 0 aliphatic rings. The number of nitro groups is 1. The van der Waals surface area contributed by atoms with Gasteiger partial charge in [-0.25, -0.2) is 4.39 Å². The van der Waals surface area contributed by atoms with E-state index in [1.807, 2.05) is 0 Å². The van der Waals surface area contributed by atoms with Gasteiger partial charge in [-0.05, 0) is 12.5 Å². The van der Waals surface area contributed by atoms with Crippen LogP contribution in [0.15, 0.2) is 18.2 Å². The lowest BCUT2D eigenvalue weighted by molar-refractivity contribution is -0.384. The van der Waals surface area contributed by atoms with Crippen LogP contribution >= 0.6 is 0 Å². The van der Waals surface area contributed by atoms with Crippen molar-refractivity contribution in [3.63, 3.8) is 0 Å². The van der Waals surface area contributed by atoms with Gasteiger partial charge in [-0.3, -0.25) is 14.9 Å². The average molecular weight is 286 g/mol. The number of amides is 1. The molecular formula is C12H15FN2O5. The molecule has 20 heavy (non-hydrogen) atoms. The van der Waals surface area contributed by atoms with E-state index in [9.17, 15) is 29.5 Å². The first-order valence-electron chi connectivity index (χ1n) is 5.87. The highest BCUT2D eigenvalue weighted by Crippen LogP contribution is 2.18. The molecule has 0 atom stereocenters. The highest BCUT2D eigenvalue weighted by molar-refractivity contribution is 5.95. The van der Waals surface area contributed by atoms with E-state index in [0.29, 0.717) is 0 Å². The maximum Gasteiger partial charge on any atom is 0.270 e. The summed E-state index contributed by atoms with van der Waals surface area (Å²) in [4.78, 5) is 21.8. The van der Waals surface area contributed by atoms with Crippen molar-refractivity contribution in [2.45, 2.75) is 18.9 Å². The van der Waals surface area contributed by atoms with Gasteiger partial charge >= 0.3 is 0 Å². The molecule has 0 heterocycles. The van der Waals surface area contributed by atoms with Crippen LogP contribution in [0.1, 0.15) is 23.7 Å². The van der Waals surface area contributed by atoms with Crippen LogP contribution < -0.4 is 5.32 Å². The minimum Gasteiger partial charge on any atom is -0.394 e. The number of nitrogens with zero attached hydrogens (tertiary/aromatic N) is 1. The summed E-state index contributed by atoms with van der Waals surface area (Å²) < 4.78 is 13.6. The quantitative estimate of drug-likeness (QED) is 0.523. The third-order valence-corrected chi connectivity index (χ3v) is 3.07. The van der Waals surface area contributed by atoms with Crippen LogP contribution in [0.4, 0.5) is 10.1 Å². The summed E-state index contributed by atoms with van der Waals surface area (Å²) in [5.74, 6) is -1.86. The van der Waals surface area contributed by atoms with Crippen molar-refractivity contribution in [1.82, 2.24) is 5.32 Å². The zero-order chi connectivity index (χ0) is 15.3. The van der Waals surface area contributed by atoms with Gasteiger partial charge in [0, 0.05) is 12.1 Å². The van der Waals surface area contributed by atoms with E-state index in [0.717, 1.165) is 18.2 Å². The maximum atomic E-state index is 13.6. The number of aliphatic hydroxyl groups is 2. The van der Waals surface area contributed by atoms with Crippen molar-refractivity contribution in [2.24, 2.45) is 0 Å². The number of nitro benzene ring substituents is 1. The molecule has 1 aromatic carbocycles. The van der Waals surface area contributed by atoms with E-state index in [4.69, 9.17) is 0 Å². The highest BCUT2D eigenvalue weighted by atomic mass is 19.1.